The molecular formula is C16H17N3O3. The number of fused-ring (bicyclic) bond motifs is 1. The molecule has 1 aliphatic rings. The van der Waals surface area contributed by atoms with Crippen LogP contribution in [-0.2, 0) is 17.9 Å². The lowest BCUT2D eigenvalue weighted by molar-refractivity contribution is 0.0484. The monoisotopic (exact) mass is 299 g/mol. The highest BCUT2D eigenvalue weighted by molar-refractivity contribution is 5.31. The van der Waals surface area contributed by atoms with Gasteiger partial charge in [0.1, 0.15) is 17.9 Å². The molecule has 0 aliphatic carbocycles. The largest absolute Gasteiger partial charge is 0.497 e. The van der Waals surface area contributed by atoms with Gasteiger partial charge in [0, 0.05) is 0 Å². The molecule has 1 aromatic carbocycles. The minimum Gasteiger partial charge on any atom is -0.497 e. The fourth-order valence-corrected chi connectivity index (χ4v) is 2.43. The standard InChI is InChI=1S/C16H17N3O3/c1-11-15(7-17)18-16-19(11)8-14(22-16)10-21-9-12-3-5-13(20-2)6-4-12/h3-6,14H,8-10H2,1-2H3/t14-/m0/s1. The summed E-state index contributed by atoms with van der Waals surface area (Å²) >= 11 is 0. The first-order chi connectivity index (χ1) is 10.7. The van der Waals surface area contributed by atoms with Crippen LogP contribution in [0.4, 0.5) is 0 Å². The van der Waals surface area contributed by atoms with Gasteiger partial charge >= 0.3 is 0 Å². The number of ether oxygens (including phenoxy) is 3. The Bertz CT molecular complexity index is 701. The number of methoxy groups -OCH3 is 1. The van der Waals surface area contributed by atoms with Crippen molar-refractivity contribution in [2.75, 3.05) is 13.7 Å². The highest BCUT2D eigenvalue weighted by atomic mass is 16.5. The smallest absolute Gasteiger partial charge is 0.298 e. The minimum atomic E-state index is -0.0628. The molecule has 0 N–H and O–H groups in total. The van der Waals surface area contributed by atoms with Crippen molar-refractivity contribution in [2.24, 2.45) is 0 Å². The SMILES string of the molecule is COc1ccc(COC[C@@H]2Cn3c(nc(C#N)c3C)O2)cc1. The number of nitriles is 1. The Morgan fingerprint density at radius 1 is 1.41 bits per heavy atom. The quantitative estimate of drug-likeness (QED) is 0.845. The molecule has 0 saturated carbocycles. The summed E-state index contributed by atoms with van der Waals surface area (Å²) in [5, 5.41) is 8.93. The fourth-order valence-electron chi connectivity index (χ4n) is 2.43. The molecule has 2 aromatic rings. The summed E-state index contributed by atoms with van der Waals surface area (Å²) < 4.78 is 18.4. The van der Waals surface area contributed by atoms with Crippen molar-refractivity contribution in [3.8, 4) is 17.8 Å². The van der Waals surface area contributed by atoms with Crippen LogP contribution in [0.15, 0.2) is 24.3 Å². The van der Waals surface area contributed by atoms with Crippen LogP contribution < -0.4 is 9.47 Å². The zero-order chi connectivity index (χ0) is 15.5. The van der Waals surface area contributed by atoms with E-state index in [0.29, 0.717) is 31.5 Å². The number of aromatic nitrogens is 2. The second kappa shape index (κ2) is 6.08. The Morgan fingerprint density at radius 3 is 2.82 bits per heavy atom. The third-order valence-electron chi connectivity index (χ3n) is 3.68. The van der Waals surface area contributed by atoms with Gasteiger partial charge in [-0.3, -0.25) is 4.57 Å². The molecule has 6 nitrogen and oxygen atoms in total. The molecule has 6 heteroatoms. The molecule has 1 aromatic heterocycles. The molecular weight excluding hydrogens is 282 g/mol. The molecule has 3 rings (SSSR count). The summed E-state index contributed by atoms with van der Waals surface area (Å²) in [4.78, 5) is 4.15. The third-order valence-corrected chi connectivity index (χ3v) is 3.68. The van der Waals surface area contributed by atoms with Crippen molar-refractivity contribution >= 4 is 0 Å². The number of hydrogen-bond donors (Lipinski definition) is 0. The molecule has 1 atom stereocenters. The van der Waals surface area contributed by atoms with Crippen LogP contribution in [0.5, 0.6) is 11.8 Å². The van der Waals surface area contributed by atoms with Crippen molar-refractivity contribution in [3.63, 3.8) is 0 Å². The summed E-state index contributed by atoms with van der Waals surface area (Å²) in [5.41, 5.74) is 2.35. The second-order valence-electron chi connectivity index (χ2n) is 5.15. The van der Waals surface area contributed by atoms with E-state index in [1.54, 1.807) is 7.11 Å². The highest BCUT2D eigenvalue weighted by Gasteiger charge is 2.27. The first-order valence-corrected chi connectivity index (χ1v) is 7.06. The van der Waals surface area contributed by atoms with E-state index in [-0.39, 0.29) is 6.10 Å². The van der Waals surface area contributed by atoms with Crippen LogP contribution in [0.25, 0.3) is 0 Å². The maximum atomic E-state index is 8.93. The Kier molecular flexibility index (Phi) is 3.98. The lowest BCUT2D eigenvalue weighted by Crippen LogP contribution is -2.22. The molecule has 0 saturated heterocycles. The van der Waals surface area contributed by atoms with Gasteiger partial charge in [-0.2, -0.15) is 10.2 Å². The van der Waals surface area contributed by atoms with E-state index in [0.717, 1.165) is 17.0 Å². The predicted octanol–water partition coefficient (Wildman–Crippen LogP) is 2.05. The van der Waals surface area contributed by atoms with Crippen molar-refractivity contribution < 1.29 is 14.2 Å². The van der Waals surface area contributed by atoms with Gasteiger partial charge in [0.15, 0.2) is 5.69 Å². The Hall–Kier alpha value is -2.52. The van der Waals surface area contributed by atoms with E-state index in [4.69, 9.17) is 19.5 Å². The molecule has 0 unspecified atom stereocenters. The van der Waals surface area contributed by atoms with Crippen LogP contribution in [0.1, 0.15) is 17.0 Å². The molecule has 0 amide bonds. The summed E-state index contributed by atoms with van der Waals surface area (Å²) in [7, 11) is 1.64. The number of benzene rings is 1. The minimum absolute atomic E-state index is 0.0628. The van der Waals surface area contributed by atoms with Crippen molar-refractivity contribution in [1.82, 2.24) is 9.55 Å². The summed E-state index contributed by atoms with van der Waals surface area (Å²) in [5.74, 6) is 0.831. The van der Waals surface area contributed by atoms with Gasteiger partial charge in [-0.25, -0.2) is 0 Å². The van der Waals surface area contributed by atoms with E-state index < -0.39 is 0 Å². The van der Waals surface area contributed by atoms with Crippen LogP contribution in [-0.4, -0.2) is 29.4 Å². The van der Waals surface area contributed by atoms with Crippen LogP contribution in [0.2, 0.25) is 0 Å². The van der Waals surface area contributed by atoms with Crippen LogP contribution >= 0.6 is 0 Å². The van der Waals surface area contributed by atoms with Gasteiger partial charge < -0.3 is 14.2 Å². The Balaban J connectivity index is 1.50. The Morgan fingerprint density at radius 2 is 2.18 bits per heavy atom. The number of rotatable bonds is 5. The summed E-state index contributed by atoms with van der Waals surface area (Å²) in [6.07, 6.45) is -0.0628. The lowest BCUT2D eigenvalue weighted by atomic mass is 10.2. The van der Waals surface area contributed by atoms with Crippen molar-refractivity contribution in [3.05, 3.63) is 41.2 Å². The molecule has 0 spiro atoms. The van der Waals surface area contributed by atoms with E-state index >= 15 is 0 Å². The number of imidazole rings is 1. The van der Waals surface area contributed by atoms with Crippen molar-refractivity contribution in [2.45, 2.75) is 26.2 Å². The van der Waals surface area contributed by atoms with Gasteiger partial charge in [-0.05, 0) is 24.6 Å². The fraction of sp³-hybridized carbons (Fsp3) is 0.375. The number of hydrogen-bond acceptors (Lipinski definition) is 5. The molecule has 0 fully saturated rings. The van der Waals surface area contributed by atoms with Crippen molar-refractivity contribution in [1.29, 1.82) is 5.26 Å². The van der Waals surface area contributed by atoms with Gasteiger partial charge in [0.05, 0.1) is 32.6 Å². The summed E-state index contributed by atoms with van der Waals surface area (Å²) in [6.45, 7) is 3.54. The topological polar surface area (TPSA) is 69.3 Å². The lowest BCUT2D eigenvalue weighted by Gasteiger charge is -2.10. The average Bonchev–Trinajstić information content (AvgIpc) is 3.07. The second-order valence-corrected chi connectivity index (χ2v) is 5.15. The van der Waals surface area contributed by atoms with Gasteiger partial charge in [0.25, 0.3) is 6.01 Å². The van der Waals surface area contributed by atoms with E-state index in [2.05, 4.69) is 11.1 Å². The van der Waals surface area contributed by atoms with E-state index in [9.17, 15) is 0 Å². The zero-order valence-electron chi connectivity index (χ0n) is 12.6. The zero-order valence-corrected chi connectivity index (χ0v) is 12.6. The first kappa shape index (κ1) is 14.4. The molecule has 22 heavy (non-hydrogen) atoms. The number of nitrogens with zero attached hydrogens (tertiary/aromatic N) is 3. The molecule has 0 bridgehead atoms. The summed E-state index contributed by atoms with van der Waals surface area (Å²) in [6, 6.07) is 10.3. The molecule has 0 radical (unpaired) electrons. The van der Waals surface area contributed by atoms with E-state index in [1.807, 2.05) is 35.8 Å². The van der Waals surface area contributed by atoms with Gasteiger partial charge in [-0.15, -0.1) is 0 Å². The normalized spacial score (nSPS) is 16.0. The highest BCUT2D eigenvalue weighted by Crippen LogP contribution is 2.25. The van der Waals surface area contributed by atoms with Gasteiger partial charge in [-0.1, -0.05) is 12.1 Å². The molecule has 2 heterocycles. The van der Waals surface area contributed by atoms with Crippen LogP contribution in [0.3, 0.4) is 0 Å². The first-order valence-electron chi connectivity index (χ1n) is 7.06. The predicted molar refractivity (Wildman–Crippen MR) is 78.7 cm³/mol. The average molecular weight is 299 g/mol. The maximum Gasteiger partial charge on any atom is 0.298 e. The molecule has 1 aliphatic heterocycles. The third kappa shape index (κ3) is 2.76. The molecule has 114 valence electrons. The van der Waals surface area contributed by atoms with Gasteiger partial charge in [0.2, 0.25) is 0 Å². The Labute approximate surface area is 128 Å². The maximum absolute atomic E-state index is 8.93. The van der Waals surface area contributed by atoms with Crippen LogP contribution in [0, 0.1) is 18.3 Å². The van der Waals surface area contributed by atoms with E-state index in [1.165, 1.54) is 0 Å².